The van der Waals surface area contributed by atoms with Crippen LogP contribution in [0.25, 0.3) is 0 Å². The number of hydrogen-bond acceptors (Lipinski definition) is 3. The Labute approximate surface area is 136 Å². The SMILES string of the molecule is CC(C)CNCc1cccc(Br)c1OCCSC(F)(F)F. The summed E-state index contributed by atoms with van der Waals surface area (Å²) in [5.41, 5.74) is -3.28. The first-order valence-corrected chi connectivity index (χ1v) is 8.39. The van der Waals surface area contributed by atoms with Crippen LogP contribution in [0.15, 0.2) is 22.7 Å². The van der Waals surface area contributed by atoms with Crippen LogP contribution < -0.4 is 10.1 Å². The van der Waals surface area contributed by atoms with E-state index >= 15 is 0 Å². The fraction of sp³-hybridized carbons (Fsp3) is 0.571. The van der Waals surface area contributed by atoms with Gasteiger partial charge in [-0.1, -0.05) is 26.0 Å². The molecule has 1 N–H and O–H groups in total. The van der Waals surface area contributed by atoms with Gasteiger partial charge in [-0.05, 0) is 46.2 Å². The van der Waals surface area contributed by atoms with E-state index in [2.05, 4.69) is 35.1 Å². The molecule has 120 valence electrons. The molecular formula is C14H19BrF3NOS. The zero-order valence-corrected chi connectivity index (χ0v) is 14.4. The lowest BCUT2D eigenvalue weighted by atomic mass is 10.2. The molecule has 1 aromatic rings. The molecule has 0 aromatic heterocycles. The predicted octanol–water partition coefficient (Wildman–Crippen LogP) is 4.83. The fourth-order valence-corrected chi connectivity index (χ4v) is 2.57. The Hall–Kier alpha value is -0.400. The van der Waals surface area contributed by atoms with Crippen molar-refractivity contribution in [2.75, 3.05) is 18.9 Å². The largest absolute Gasteiger partial charge is 0.491 e. The molecule has 0 aliphatic carbocycles. The minimum Gasteiger partial charge on any atom is -0.491 e. The summed E-state index contributed by atoms with van der Waals surface area (Å²) in [7, 11) is 0. The van der Waals surface area contributed by atoms with Gasteiger partial charge in [0, 0.05) is 17.9 Å². The zero-order valence-electron chi connectivity index (χ0n) is 12.0. The second kappa shape index (κ2) is 8.90. The number of para-hydroxylation sites is 1. The average Bonchev–Trinajstić information content (AvgIpc) is 2.35. The highest BCUT2D eigenvalue weighted by Gasteiger charge is 2.27. The Bertz CT molecular complexity index is 441. The number of halogens is 4. The maximum atomic E-state index is 12.1. The van der Waals surface area contributed by atoms with E-state index in [9.17, 15) is 13.2 Å². The molecular weight excluding hydrogens is 367 g/mol. The van der Waals surface area contributed by atoms with Crippen molar-refractivity contribution in [3.63, 3.8) is 0 Å². The van der Waals surface area contributed by atoms with Crippen molar-refractivity contribution in [1.82, 2.24) is 5.32 Å². The van der Waals surface area contributed by atoms with Crippen LogP contribution in [0.4, 0.5) is 13.2 Å². The summed E-state index contributed by atoms with van der Waals surface area (Å²) in [5.74, 6) is 1.02. The van der Waals surface area contributed by atoms with Gasteiger partial charge in [0.25, 0.3) is 0 Å². The summed E-state index contributed by atoms with van der Waals surface area (Å²) in [6, 6.07) is 5.61. The summed E-state index contributed by atoms with van der Waals surface area (Å²) in [6.07, 6.45) is 0. The van der Waals surface area contributed by atoms with Crippen LogP contribution >= 0.6 is 27.7 Å². The molecule has 0 radical (unpaired) electrons. The van der Waals surface area contributed by atoms with E-state index < -0.39 is 5.51 Å². The molecule has 2 nitrogen and oxygen atoms in total. The Morgan fingerprint density at radius 3 is 2.67 bits per heavy atom. The normalized spacial score (nSPS) is 12.0. The summed E-state index contributed by atoms with van der Waals surface area (Å²) in [5, 5.41) is 3.30. The number of rotatable bonds is 8. The molecule has 0 unspecified atom stereocenters. The lowest BCUT2D eigenvalue weighted by Crippen LogP contribution is -2.19. The standard InChI is InChI=1S/C14H19BrF3NOS/c1-10(2)8-19-9-11-4-3-5-12(15)13(11)20-6-7-21-14(16,17)18/h3-5,10,19H,6-9H2,1-2H3. The third-order valence-corrected chi connectivity index (χ3v) is 3.83. The molecule has 0 amide bonds. The lowest BCUT2D eigenvalue weighted by Gasteiger charge is -2.15. The zero-order chi connectivity index (χ0) is 15.9. The van der Waals surface area contributed by atoms with Crippen molar-refractivity contribution >= 4 is 27.7 Å². The molecule has 0 spiro atoms. The van der Waals surface area contributed by atoms with Gasteiger partial charge >= 0.3 is 5.51 Å². The van der Waals surface area contributed by atoms with Crippen LogP contribution in [0.3, 0.4) is 0 Å². The molecule has 1 aromatic carbocycles. The topological polar surface area (TPSA) is 21.3 Å². The highest BCUT2D eigenvalue weighted by molar-refractivity contribution is 9.10. The summed E-state index contributed by atoms with van der Waals surface area (Å²) < 4.78 is 42.5. The molecule has 0 aliphatic rings. The molecule has 0 aliphatic heterocycles. The van der Waals surface area contributed by atoms with Gasteiger partial charge in [-0.2, -0.15) is 13.2 Å². The van der Waals surface area contributed by atoms with Gasteiger partial charge in [-0.25, -0.2) is 0 Å². The number of thioether (sulfide) groups is 1. The summed E-state index contributed by atoms with van der Waals surface area (Å²) in [6.45, 7) is 5.73. The van der Waals surface area contributed by atoms with E-state index in [1.807, 2.05) is 18.2 Å². The molecule has 0 atom stereocenters. The van der Waals surface area contributed by atoms with Crippen molar-refractivity contribution in [2.24, 2.45) is 5.92 Å². The highest BCUT2D eigenvalue weighted by atomic mass is 79.9. The van der Waals surface area contributed by atoms with Crippen molar-refractivity contribution in [1.29, 1.82) is 0 Å². The van der Waals surface area contributed by atoms with E-state index in [1.54, 1.807) is 0 Å². The number of alkyl halides is 3. The van der Waals surface area contributed by atoms with Crippen molar-refractivity contribution in [3.8, 4) is 5.75 Å². The molecule has 0 heterocycles. The predicted molar refractivity (Wildman–Crippen MR) is 84.7 cm³/mol. The molecule has 21 heavy (non-hydrogen) atoms. The first kappa shape index (κ1) is 18.6. The molecule has 0 bridgehead atoms. The van der Waals surface area contributed by atoms with Gasteiger partial charge in [-0.15, -0.1) is 0 Å². The summed E-state index contributed by atoms with van der Waals surface area (Å²) >= 11 is 3.31. The molecule has 7 heteroatoms. The number of hydrogen-bond donors (Lipinski definition) is 1. The Morgan fingerprint density at radius 2 is 2.05 bits per heavy atom. The van der Waals surface area contributed by atoms with Gasteiger partial charge in [-0.3, -0.25) is 0 Å². The van der Waals surface area contributed by atoms with Gasteiger partial charge in [0.15, 0.2) is 0 Å². The smallest absolute Gasteiger partial charge is 0.441 e. The second-order valence-electron chi connectivity index (χ2n) is 4.90. The van der Waals surface area contributed by atoms with E-state index in [1.165, 1.54) is 0 Å². The maximum absolute atomic E-state index is 12.1. The van der Waals surface area contributed by atoms with Gasteiger partial charge in [0.2, 0.25) is 0 Å². The van der Waals surface area contributed by atoms with Crippen LogP contribution in [0.2, 0.25) is 0 Å². The number of ether oxygens (including phenoxy) is 1. The highest BCUT2D eigenvalue weighted by Crippen LogP contribution is 2.32. The van der Waals surface area contributed by atoms with E-state index in [0.29, 0.717) is 18.2 Å². The van der Waals surface area contributed by atoms with Gasteiger partial charge < -0.3 is 10.1 Å². The Balaban J connectivity index is 2.55. The van der Waals surface area contributed by atoms with Crippen LogP contribution in [0.1, 0.15) is 19.4 Å². The number of nitrogens with one attached hydrogen (secondary N) is 1. The van der Waals surface area contributed by atoms with Crippen LogP contribution in [0, 0.1) is 5.92 Å². The maximum Gasteiger partial charge on any atom is 0.441 e. The Kier molecular flexibility index (Phi) is 7.90. The second-order valence-corrected chi connectivity index (χ2v) is 6.91. The van der Waals surface area contributed by atoms with Crippen molar-refractivity contribution < 1.29 is 17.9 Å². The molecule has 0 saturated carbocycles. The van der Waals surface area contributed by atoms with E-state index in [0.717, 1.165) is 16.6 Å². The first-order valence-electron chi connectivity index (χ1n) is 6.61. The first-order chi connectivity index (χ1) is 9.79. The van der Waals surface area contributed by atoms with Crippen LogP contribution in [0.5, 0.6) is 5.75 Å². The van der Waals surface area contributed by atoms with Crippen molar-refractivity contribution in [3.05, 3.63) is 28.2 Å². The Morgan fingerprint density at radius 1 is 1.33 bits per heavy atom. The molecule has 0 fully saturated rings. The minimum absolute atomic E-state index is 0.0178. The minimum atomic E-state index is -4.21. The fourth-order valence-electron chi connectivity index (χ4n) is 1.65. The third-order valence-electron chi connectivity index (χ3n) is 2.51. The molecule has 0 saturated heterocycles. The van der Waals surface area contributed by atoms with Crippen LogP contribution in [-0.4, -0.2) is 24.4 Å². The number of benzene rings is 1. The van der Waals surface area contributed by atoms with Crippen molar-refractivity contribution in [2.45, 2.75) is 25.9 Å². The lowest BCUT2D eigenvalue weighted by molar-refractivity contribution is -0.0329. The van der Waals surface area contributed by atoms with E-state index in [4.69, 9.17) is 4.74 Å². The van der Waals surface area contributed by atoms with Gasteiger partial charge in [0.05, 0.1) is 11.1 Å². The quantitative estimate of drug-likeness (QED) is 0.647. The molecule has 1 rings (SSSR count). The monoisotopic (exact) mass is 385 g/mol. The van der Waals surface area contributed by atoms with Gasteiger partial charge in [0.1, 0.15) is 5.75 Å². The third kappa shape index (κ3) is 7.97. The van der Waals surface area contributed by atoms with E-state index in [-0.39, 0.29) is 24.1 Å². The summed E-state index contributed by atoms with van der Waals surface area (Å²) in [4.78, 5) is 0. The average molecular weight is 386 g/mol. The van der Waals surface area contributed by atoms with Crippen LogP contribution in [-0.2, 0) is 6.54 Å².